The summed E-state index contributed by atoms with van der Waals surface area (Å²) in [7, 11) is 1.87. The first-order chi connectivity index (χ1) is 11.7. The average molecular weight is 368 g/mol. The highest BCUT2D eigenvalue weighted by Crippen LogP contribution is 2.38. The lowest BCUT2D eigenvalue weighted by Crippen LogP contribution is -2.30. The first-order valence-corrected chi connectivity index (χ1v) is 9.40. The van der Waals surface area contributed by atoms with E-state index in [1.807, 2.05) is 7.05 Å². The van der Waals surface area contributed by atoms with E-state index in [0.717, 1.165) is 31.4 Å². The van der Waals surface area contributed by atoms with Crippen molar-refractivity contribution in [2.75, 3.05) is 20.1 Å². The van der Waals surface area contributed by atoms with Gasteiger partial charge in [-0.15, -0.1) is 0 Å². The summed E-state index contributed by atoms with van der Waals surface area (Å²) in [6.07, 6.45) is 2.92. The smallest absolute Gasteiger partial charge is 0.307 e. The molecule has 0 rings (SSSR count). The minimum Gasteiger partial charge on any atom is -0.481 e. The molecular formula is C21H39N2O3+. The van der Waals surface area contributed by atoms with Crippen molar-refractivity contribution in [2.24, 2.45) is 16.7 Å². The topological polar surface area (TPSA) is 69.4 Å². The lowest BCUT2D eigenvalue weighted by molar-refractivity contribution is -0.488. The minimum absolute atomic E-state index is 0.00569. The van der Waals surface area contributed by atoms with Crippen molar-refractivity contribution in [3.8, 4) is 0 Å². The van der Waals surface area contributed by atoms with Crippen molar-refractivity contribution >= 4 is 18.6 Å². The number of allylic oxidation sites excluding steroid dienone is 1. The zero-order valence-electron chi connectivity index (χ0n) is 17.7. The number of nitrogens with zero attached hydrogens (tertiary/aromatic N) is 1. The van der Waals surface area contributed by atoms with E-state index in [4.69, 9.17) is 0 Å². The summed E-state index contributed by atoms with van der Waals surface area (Å²) in [6, 6.07) is 0. The molecule has 26 heavy (non-hydrogen) atoms. The molecule has 0 bridgehead atoms. The van der Waals surface area contributed by atoms with Crippen LogP contribution in [0.5, 0.6) is 0 Å². The summed E-state index contributed by atoms with van der Waals surface area (Å²) in [5.41, 5.74) is 1.16. The second-order valence-electron chi connectivity index (χ2n) is 9.56. The molecule has 0 saturated carbocycles. The molecular weight excluding hydrogens is 328 g/mol. The fourth-order valence-corrected chi connectivity index (χ4v) is 3.72. The lowest BCUT2D eigenvalue weighted by atomic mass is 9.72. The van der Waals surface area contributed by atoms with E-state index in [-0.39, 0.29) is 23.2 Å². The Morgan fingerprint density at radius 1 is 1.15 bits per heavy atom. The van der Waals surface area contributed by atoms with Crippen LogP contribution in [-0.4, -0.2) is 48.4 Å². The highest BCUT2D eigenvalue weighted by molar-refractivity contribution is 5.82. The fourth-order valence-electron chi connectivity index (χ4n) is 3.72. The van der Waals surface area contributed by atoms with Crippen LogP contribution in [0.3, 0.4) is 0 Å². The Labute approximate surface area is 159 Å². The summed E-state index contributed by atoms with van der Waals surface area (Å²) < 4.78 is 1.80. The van der Waals surface area contributed by atoms with Crippen molar-refractivity contribution in [1.29, 1.82) is 0 Å². The number of carboxylic acid groups (broad SMARTS) is 1. The molecule has 2 N–H and O–H groups in total. The predicted molar refractivity (Wildman–Crippen MR) is 108 cm³/mol. The summed E-state index contributed by atoms with van der Waals surface area (Å²) in [6.45, 7) is 20.1. The number of carbonyl (C=O) groups excluding carboxylic acids is 1. The van der Waals surface area contributed by atoms with Crippen molar-refractivity contribution in [1.82, 2.24) is 5.32 Å². The van der Waals surface area contributed by atoms with Gasteiger partial charge in [0.05, 0.1) is 5.92 Å². The van der Waals surface area contributed by atoms with Gasteiger partial charge < -0.3 is 10.4 Å². The standard InChI is InChI=1S/C21H38N2O3/c1-16(14-21(5,6)15-20(2,3)4)12-17(19(25)26)13-18(24)22-10-9-11-23(7)8/h17H,1,7,9-15H2,2-6,8H3,(H-,22,24,25,26)/p+1. The van der Waals surface area contributed by atoms with Gasteiger partial charge in [0.15, 0.2) is 0 Å². The zero-order chi connectivity index (χ0) is 20.5. The van der Waals surface area contributed by atoms with Crippen LogP contribution in [-0.2, 0) is 9.59 Å². The molecule has 0 heterocycles. The van der Waals surface area contributed by atoms with E-state index in [9.17, 15) is 14.7 Å². The van der Waals surface area contributed by atoms with Crippen LogP contribution in [0.2, 0.25) is 0 Å². The zero-order valence-corrected chi connectivity index (χ0v) is 17.7. The molecule has 0 radical (unpaired) electrons. The molecule has 0 aliphatic heterocycles. The van der Waals surface area contributed by atoms with E-state index in [1.54, 1.807) is 4.58 Å². The highest BCUT2D eigenvalue weighted by Gasteiger charge is 2.28. The maximum Gasteiger partial charge on any atom is 0.307 e. The second kappa shape index (κ2) is 10.5. The predicted octanol–water partition coefficient (Wildman–Crippen LogP) is 3.73. The molecule has 1 unspecified atom stereocenters. The molecule has 0 aromatic carbocycles. The average Bonchev–Trinajstić information content (AvgIpc) is 2.38. The third kappa shape index (κ3) is 12.7. The van der Waals surface area contributed by atoms with Gasteiger partial charge in [0, 0.05) is 19.4 Å². The van der Waals surface area contributed by atoms with Crippen LogP contribution in [0.15, 0.2) is 12.2 Å². The van der Waals surface area contributed by atoms with Crippen molar-refractivity contribution < 1.29 is 19.3 Å². The van der Waals surface area contributed by atoms with Crippen LogP contribution in [0.4, 0.5) is 0 Å². The summed E-state index contributed by atoms with van der Waals surface area (Å²) in [4.78, 5) is 23.6. The van der Waals surface area contributed by atoms with E-state index in [1.165, 1.54) is 0 Å². The first-order valence-electron chi connectivity index (χ1n) is 9.40. The van der Waals surface area contributed by atoms with Gasteiger partial charge >= 0.3 is 5.97 Å². The Balaban J connectivity index is 4.54. The minimum atomic E-state index is -0.938. The Bertz CT molecular complexity index is 516. The van der Waals surface area contributed by atoms with E-state index >= 15 is 0 Å². The number of aliphatic carboxylic acids is 1. The van der Waals surface area contributed by atoms with Gasteiger partial charge in [-0.05, 0) is 30.1 Å². The van der Waals surface area contributed by atoms with Gasteiger partial charge in [-0.3, -0.25) is 9.59 Å². The molecule has 150 valence electrons. The summed E-state index contributed by atoms with van der Waals surface area (Å²) in [5, 5.41) is 12.3. The maximum absolute atomic E-state index is 12.0. The Kier molecular flexibility index (Phi) is 9.82. The van der Waals surface area contributed by atoms with E-state index in [0.29, 0.717) is 13.0 Å². The lowest BCUT2D eigenvalue weighted by Gasteiger charge is -2.33. The third-order valence-electron chi connectivity index (χ3n) is 4.09. The monoisotopic (exact) mass is 367 g/mol. The third-order valence-corrected chi connectivity index (χ3v) is 4.09. The molecule has 0 fully saturated rings. The molecule has 1 amide bonds. The van der Waals surface area contributed by atoms with Crippen LogP contribution in [0, 0.1) is 16.7 Å². The van der Waals surface area contributed by atoms with Crippen LogP contribution >= 0.6 is 0 Å². The van der Waals surface area contributed by atoms with E-state index in [2.05, 4.69) is 53.2 Å². The highest BCUT2D eigenvalue weighted by atomic mass is 16.4. The molecule has 0 aliphatic rings. The molecule has 5 heteroatoms. The number of rotatable bonds is 12. The molecule has 0 aliphatic carbocycles. The first kappa shape index (κ1) is 24.4. The van der Waals surface area contributed by atoms with Crippen molar-refractivity contribution in [3.63, 3.8) is 0 Å². The molecule has 0 saturated heterocycles. The van der Waals surface area contributed by atoms with Gasteiger partial charge in [0.2, 0.25) is 5.91 Å². The number of hydrogen-bond donors (Lipinski definition) is 2. The molecule has 5 nitrogen and oxygen atoms in total. The molecule has 0 aromatic heterocycles. The normalized spacial score (nSPS) is 13.2. The summed E-state index contributed by atoms with van der Waals surface area (Å²) >= 11 is 0. The van der Waals surface area contributed by atoms with Crippen LogP contribution in [0.25, 0.3) is 0 Å². The second-order valence-corrected chi connectivity index (χ2v) is 9.56. The van der Waals surface area contributed by atoms with Crippen LogP contribution in [0.1, 0.15) is 66.7 Å². The number of nitrogens with one attached hydrogen (secondary N) is 1. The Hall–Kier alpha value is -1.65. The van der Waals surface area contributed by atoms with Gasteiger partial charge in [0.1, 0.15) is 20.3 Å². The number of amides is 1. The van der Waals surface area contributed by atoms with Crippen LogP contribution < -0.4 is 5.32 Å². The SMILES string of the molecule is C=C(CC(CC(=O)NCCC[N+](=C)C)C(=O)O)CC(C)(C)CC(C)(C)C. The summed E-state index contributed by atoms with van der Waals surface area (Å²) in [5.74, 6) is -1.87. The largest absolute Gasteiger partial charge is 0.481 e. The number of hydrogen-bond acceptors (Lipinski definition) is 2. The quantitative estimate of drug-likeness (QED) is 0.239. The van der Waals surface area contributed by atoms with Gasteiger partial charge in [-0.1, -0.05) is 46.8 Å². The Morgan fingerprint density at radius 3 is 2.19 bits per heavy atom. The van der Waals surface area contributed by atoms with Crippen molar-refractivity contribution in [3.05, 3.63) is 12.2 Å². The fraction of sp³-hybridized carbons (Fsp3) is 0.762. The molecule has 1 atom stereocenters. The van der Waals surface area contributed by atoms with E-state index < -0.39 is 11.9 Å². The Morgan fingerprint density at radius 2 is 1.73 bits per heavy atom. The van der Waals surface area contributed by atoms with Crippen molar-refractivity contribution in [2.45, 2.75) is 66.7 Å². The van der Waals surface area contributed by atoms with Gasteiger partial charge in [-0.2, -0.15) is 0 Å². The van der Waals surface area contributed by atoms with Gasteiger partial charge in [0.25, 0.3) is 0 Å². The van der Waals surface area contributed by atoms with Gasteiger partial charge in [-0.25, -0.2) is 4.58 Å². The molecule has 0 spiro atoms. The number of carboxylic acids is 1. The molecule has 0 aromatic rings. The number of carbonyl (C=O) groups is 2. The maximum atomic E-state index is 12.0.